The average Bonchev–Trinajstić information content (AvgIpc) is 2.85. The van der Waals surface area contributed by atoms with E-state index in [9.17, 15) is 4.79 Å². The Labute approximate surface area is 128 Å². The maximum Gasteiger partial charge on any atom is 0.227 e. The summed E-state index contributed by atoms with van der Waals surface area (Å²) in [6.45, 7) is 2.58. The number of carbonyl (C=O) groups is 1. The second kappa shape index (κ2) is 7.76. The van der Waals surface area contributed by atoms with Gasteiger partial charge in [-0.05, 0) is 30.5 Å². The van der Waals surface area contributed by atoms with E-state index < -0.39 is 0 Å². The normalized spacial score (nSPS) is 13.6. The maximum absolute atomic E-state index is 12.2. The molecule has 0 saturated carbocycles. The minimum Gasteiger partial charge on any atom is -0.382 e. The molecule has 0 aliphatic carbocycles. The van der Waals surface area contributed by atoms with Crippen LogP contribution in [0.25, 0.3) is 0 Å². The van der Waals surface area contributed by atoms with Crippen LogP contribution >= 0.6 is 15.9 Å². The fourth-order valence-electron chi connectivity index (χ4n) is 2.32. The van der Waals surface area contributed by atoms with E-state index in [4.69, 9.17) is 9.47 Å². The molecule has 110 valence electrons. The Hall–Kier alpha value is -0.910. The van der Waals surface area contributed by atoms with Gasteiger partial charge < -0.3 is 14.4 Å². The Morgan fingerprint density at radius 1 is 1.35 bits per heavy atom. The quantitative estimate of drug-likeness (QED) is 0.716. The first kappa shape index (κ1) is 15.5. The summed E-state index contributed by atoms with van der Waals surface area (Å²) in [6, 6.07) is 6.13. The van der Waals surface area contributed by atoms with E-state index in [0.717, 1.165) is 29.5 Å². The van der Waals surface area contributed by atoms with Gasteiger partial charge in [0, 0.05) is 36.8 Å². The molecule has 1 amide bonds. The molecular formula is C15H20BrNO3. The monoisotopic (exact) mass is 341 g/mol. The lowest BCUT2D eigenvalue weighted by molar-refractivity contribution is -0.118. The molecule has 0 saturated heterocycles. The van der Waals surface area contributed by atoms with Crippen LogP contribution in [0.1, 0.15) is 18.4 Å². The zero-order chi connectivity index (χ0) is 14.4. The molecule has 1 aliphatic heterocycles. The van der Waals surface area contributed by atoms with Gasteiger partial charge in [0.25, 0.3) is 0 Å². The Bertz CT molecular complexity index is 464. The molecule has 2 rings (SSSR count). The third-order valence-corrected chi connectivity index (χ3v) is 3.85. The predicted octanol–water partition coefficient (Wildman–Crippen LogP) is 2.78. The summed E-state index contributed by atoms with van der Waals surface area (Å²) in [4.78, 5) is 14.1. The number of methoxy groups -OCH3 is 1. The molecule has 4 nitrogen and oxygen atoms in total. The molecule has 0 aromatic heterocycles. The van der Waals surface area contributed by atoms with Gasteiger partial charge in [-0.15, -0.1) is 0 Å². The number of amides is 1. The molecule has 1 heterocycles. The third kappa shape index (κ3) is 4.04. The summed E-state index contributed by atoms with van der Waals surface area (Å²) in [7, 11) is 1.65. The van der Waals surface area contributed by atoms with Gasteiger partial charge in [-0.2, -0.15) is 0 Å². The number of anilines is 1. The number of ether oxygens (including phenoxy) is 2. The number of fused-ring (bicyclic) bond motifs is 1. The maximum atomic E-state index is 12.2. The number of rotatable bonds is 7. The van der Waals surface area contributed by atoms with E-state index in [1.165, 1.54) is 5.56 Å². The number of hydrogen-bond acceptors (Lipinski definition) is 3. The van der Waals surface area contributed by atoms with Crippen molar-refractivity contribution in [2.45, 2.75) is 19.3 Å². The first-order chi connectivity index (χ1) is 9.72. The molecule has 0 spiro atoms. The van der Waals surface area contributed by atoms with Crippen LogP contribution in [0.4, 0.5) is 5.69 Å². The van der Waals surface area contributed by atoms with E-state index in [1.54, 1.807) is 7.11 Å². The van der Waals surface area contributed by atoms with Crippen molar-refractivity contribution < 1.29 is 14.3 Å². The molecule has 20 heavy (non-hydrogen) atoms. The van der Waals surface area contributed by atoms with Gasteiger partial charge in [0.15, 0.2) is 0 Å². The summed E-state index contributed by atoms with van der Waals surface area (Å²) in [5, 5.41) is 0. The molecule has 5 heteroatoms. The zero-order valence-electron chi connectivity index (χ0n) is 11.7. The van der Waals surface area contributed by atoms with Crippen LogP contribution in [0.2, 0.25) is 0 Å². The number of nitrogens with zero attached hydrogens (tertiary/aromatic N) is 1. The molecule has 1 aromatic rings. The lowest BCUT2D eigenvalue weighted by Crippen LogP contribution is -2.28. The predicted molar refractivity (Wildman–Crippen MR) is 82.1 cm³/mol. The summed E-state index contributed by atoms with van der Waals surface area (Å²) < 4.78 is 11.3. The van der Waals surface area contributed by atoms with Crippen molar-refractivity contribution in [1.82, 2.24) is 0 Å². The van der Waals surface area contributed by atoms with Crippen molar-refractivity contribution in [3.63, 3.8) is 0 Å². The van der Waals surface area contributed by atoms with Gasteiger partial charge in [-0.1, -0.05) is 22.0 Å². The minimum atomic E-state index is 0.178. The van der Waals surface area contributed by atoms with Crippen molar-refractivity contribution >= 4 is 27.5 Å². The highest BCUT2D eigenvalue weighted by Gasteiger charge is 2.24. The zero-order valence-corrected chi connectivity index (χ0v) is 13.3. The van der Waals surface area contributed by atoms with Crippen LogP contribution in [0.3, 0.4) is 0 Å². The van der Waals surface area contributed by atoms with Gasteiger partial charge in [0.1, 0.15) is 0 Å². The van der Waals surface area contributed by atoms with Crippen molar-refractivity contribution in [2.75, 3.05) is 38.4 Å². The highest BCUT2D eigenvalue weighted by atomic mass is 79.9. The first-order valence-corrected chi connectivity index (χ1v) is 7.67. The number of benzene rings is 1. The molecule has 0 N–H and O–H groups in total. The van der Waals surface area contributed by atoms with E-state index in [2.05, 4.69) is 22.0 Å². The largest absolute Gasteiger partial charge is 0.382 e. The molecular weight excluding hydrogens is 322 g/mol. The number of carbonyl (C=O) groups excluding carboxylic acids is 1. The summed E-state index contributed by atoms with van der Waals surface area (Å²) >= 11 is 3.46. The van der Waals surface area contributed by atoms with Gasteiger partial charge in [0.2, 0.25) is 5.91 Å². The molecule has 0 unspecified atom stereocenters. The lowest BCUT2D eigenvalue weighted by atomic mass is 10.2. The molecule has 0 bridgehead atoms. The van der Waals surface area contributed by atoms with Gasteiger partial charge in [-0.25, -0.2) is 0 Å². The standard InChI is InChI=1S/C15H20BrNO3/c1-19-9-10-20-8-2-3-15(18)17-7-6-12-4-5-13(16)11-14(12)17/h4-5,11H,2-3,6-10H2,1H3. The van der Waals surface area contributed by atoms with Crippen LogP contribution in [0, 0.1) is 0 Å². The minimum absolute atomic E-state index is 0.178. The second-order valence-corrected chi connectivity index (χ2v) is 5.69. The van der Waals surface area contributed by atoms with Crippen molar-refractivity contribution in [3.05, 3.63) is 28.2 Å². The van der Waals surface area contributed by atoms with Crippen LogP contribution in [0.15, 0.2) is 22.7 Å². The van der Waals surface area contributed by atoms with Gasteiger partial charge in [-0.3, -0.25) is 4.79 Å². The molecule has 1 aliphatic rings. The average molecular weight is 342 g/mol. The van der Waals surface area contributed by atoms with Crippen molar-refractivity contribution in [3.8, 4) is 0 Å². The Kier molecular flexibility index (Phi) is 6.01. The van der Waals surface area contributed by atoms with E-state index >= 15 is 0 Å². The second-order valence-electron chi connectivity index (χ2n) is 4.78. The van der Waals surface area contributed by atoms with Gasteiger partial charge >= 0.3 is 0 Å². The van der Waals surface area contributed by atoms with E-state index in [-0.39, 0.29) is 5.91 Å². The topological polar surface area (TPSA) is 38.8 Å². The highest BCUT2D eigenvalue weighted by molar-refractivity contribution is 9.10. The van der Waals surface area contributed by atoms with Crippen molar-refractivity contribution in [2.24, 2.45) is 0 Å². The highest BCUT2D eigenvalue weighted by Crippen LogP contribution is 2.31. The molecule has 0 atom stereocenters. The molecule has 1 aromatic carbocycles. The SMILES string of the molecule is COCCOCCCC(=O)N1CCc2ccc(Br)cc21. The third-order valence-electron chi connectivity index (χ3n) is 3.36. The van der Waals surface area contributed by atoms with E-state index in [0.29, 0.717) is 26.2 Å². The van der Waals surface area contributed by atoms with Crippen LogP contribution < -0.4 is 4.90 Å². The smallest absolute Gasteiger partial charge is 0.227 e. The van der Waals surface area contributed by atoms with Crippen LogP contribution in [0.5, 0.6) is 0 Å². The fourth-order valence-corrected chi connectivity index (χ4v) is 2.67. The van der Waals surface area contributed by atoms with Crippen LogP contribution in [-0.2, 0) is 20.7 Å². The fraction of sp³-hybridized carbons (Fsp3) is 0.533. The summed E-state index contributed by atoms with van der Waals surface area (Å²) in [5.41, 5.74) is 2.29. The molecule has 0 radical (unpaired) electrons. The Morgan fingerprint density at radius 2 is 2.20 bits per heavy atom. The number of hydrogen-bond donors (Lipinski definition) is 0. The van der Waals surface area contributed by atoms with Crippen molar-refractivity contribution in [1.29, 1.82) is 0 Å². The van der Waals surface area contributed by atoms with Crippen LogP contribution in [-0.4, -0.2) is 39.4 Å². The van der Waals surface area contributed by atoms with E-state index in [1.807, 2.05) is 17.0 Å². The summed E-state index contributed by atoms with van der Waals surface area (Å²) in [6.07, 6.45) is 2.22. The summed E-state index contributed by atoms with van der Waals surface area (Å²) in [5.74, 6) is 0.178. The lowest BCUT2D eigenvalue weighted by Gasteiger charge is -2.17. The Morgan fingerprint density at radius 3 is 3.00 bits per heavy atom. The van der Waals surface area contributed by atoms with Gasteiger partial charge in [0.05, 0.1) is 13.2 Å². The first-order valence-electron chi connectivity index (χ1n) is 6.88. The Balaban J connectivity index is 1.79. The number of halogens is 1. The molecule has 0 fully saturated rings.